The van der Waals surface area contributed by atoms with Crippen LogP contribution in [0.3, 0.4) is 0 Å². The van der Waals surface area contributed by atoms with Gasteiger partial charge < -0.3 is 9.30 Å². The number of esters is 1. The van der Waals surface area contributed by atoms with Gasteiger partial charge in [-0.05, 0) is 24.6 Å². The van der Waals surface area contributed by atoms with E-state index in [4.69, 9.17) is 11.2 Å². The molecule has 120 valence electrons. The minimum Gasteiger partial charge on any atom is -0.465 e. The van der Waals surface area contributed by atoms with Crippen LogP contribution in [0, 0.1) is 12.3 Å². The third-order valence-corrected chi connectivity index (χ3v) is 4.36. The fourth-order valence-electron chi connectivity index (χ4n) is 2.14. The van der Waals surface area contributed by atoms with E-state index in [0.29, 0.717) is 23.3 Å². The molecule has 0 aliphatic rings. The highest BCUT2D eigenvalue weighted by Gasteiger charge is 2.11. The van der Waals surface area contributed by atoms with Gasteiger partial charge in [0.2, 0.25) is 5.91 Å². The Kier molecular flexibility index (Phi) is 5.72. The van der Waals surface area contributed by atoms with Crippen LogP contribution in [0.25, 0.3) is 10.2 Å². The third kappa shape index (κ3) is 3.88. The number of ether oxygens (including phenoxy) is 1. The summed E-state index contributed by atoms with van der Waals surface area (Å²) in [4.78, 5) is 28.3. The Bertz CT molecular complexity index is 840. The third-order valence-electron chi connectivity index (χ3n) is 3.32. The Morgan fingerprint density at radius 1 is 1.43 bits per heavy atom. The number of methoxy groups -OCH3 is 1. The molecule has 0 saturated carbocycles. The zero-order valence-corrected chi connectivity index (χ0v) is 14.0. The number of aromatic nitrogens is 1. The molecular weight excluding hydrogens is 312 g/mol. The molecule has 0 spiro atoms. The maximum absolute atomic E-state index is 11.9. The molecule has 1 heterocycles. The largest absolute Gasteiger partial charge is 0.465 e. The summed E-state index contributed by atoms with van der Waals surface area (Å²) >= 11 is 1.34. The van der Waals surface area contributed by atoms with Crippen LogP contribution in [-0.4, -0.2) is 23.6 Å². The number of thiazole rings is 1. The smallest absolute Gasteiger partial charge is 0.337 e. The standard InChI is InChI=1S/C17H18N2O3S/c1-4-6-7-15(20)18-17-19(10-5-2)13-9-8-12(16(21)22-3)11-14(13)23-17/h2,8-9,11H,4,6-7,10H2,1,3H3. The molecular formula is C17H18N2O3S. The van der Waals surface area contributed by atoms with Crippen molar-refractivity contribution in [3.05, 3.63) is 28.6 Å². The van der Waals surface area contributed by atoms with Gasteiger partial charge in [0.15, 0.2) is 4.80 Å². The Balaban J connectivity index is 2.53. The van der Waals surface area contributed by atoms with Gasteiger partial charge in [-0.25, -0.2) is 4.79 Å². The van der Waals surface area contributed by atoms with Crippen LogP contribution in [0.2, 0.25) is 0 Å². The van der Waals surface area contributed by atoms with Crippen molar-refractivity contribution in [2.24, 2.45) is 4.99 Å². The Hall–Kier alpha value is -2.39. The van der Waals surface area contributed by atoms with Gasteiger partial charge in [0.1, 0.15) is 0 Å². The predicted octanol–water partition coefficient (Wildman–Crippen LogP) is 2.74. The lowest BCUT2D eigenvalue weighted by atomic mass is 10.2. The number of fused-ring (bicyclic) bond motifs is 1. The van der Waals surface area contributed by atoms with Gasteiger partial charge in [0.25, 0.3) is 0 Å². The Morgan fingerprint density at radius 3 is 2.87 bits per heavy atom. The topological polar surface area (TPSA) is 60.7 Å². The normalized spacial score (nSPS) is 11.4. The average Bonchev–Trinajstić information content (AvgIpc) is 2.89. The molecule has 2 aromatic rings. The maximum atomic E-state index is 11.9. The quantitative estimate of drug-likeness (QED) is 0.625. The molecule has 5 nitrogen and oxygen atoms in total. The minimum absolute atomic E-state index is 0.155. The number of carbonyl (C=O) groups is 2. The molecule has 1 aromatic carbocycles. The molecule has 0 aliphatic heterocycles. The highest BCUT2D eigenvalue weighted by molar-refractivity contribution is 7.16. The van der Waals surface area contributed by atoms with Crippen molar-refractivity contribution >= 4 is 33.4 Å². The average molecular weight is 330 g/mol. The van der Waals surface area contributed by atoms with Gasteiger partial charge in [0, 0.05) is 6.42 Å². The number of hydrogen-bond donors (Lipinski definition) is 0. The highest BCUT2D eigenvalue weighted by atomic mass is 32.1. The lowest BCUT2D eigenvalue weighted by Crippen LogP contribution is -2.16. The van der Waals surface area contributed by atoms with Gasteiger partial charge in [-0.15, -0.1) is 6.42 Å². The number of nitrogens with zero attached hydrogens (tertiary/aromatic N) is 2. The van der Waals surface area contributed by atoms with Crippen LogP contribution in [0.5, 0.6) is 0 Å². The zero-order valence-electron chi connectivity index (χ0n) is 13.2. The van der Waals surface area contributed by atoms with E-state index in [2.05, 4.69) is 10.9 Å². The van der Waals surface area contributed by atoms with Gasteiger partial charge in [-0.2, -0.15) is 4.99 Å². The minimum atomic E-state index is -0.402. The van der Waals surface area contributed by atoms with Crippen LogP contribution in [0.4, 0.5) is 0 Å². The zero-order chi connectivity index (χ0) is 16.8. The molecule has 6 heteroatoms. The fraction of sp³-hybridized carbons (Fsp3) is 0.353. The second-order valence-corrected chi connectivity index (χ2v) is 5.97. The van der Waals surface area contributed by atoms with Crippen LogP contribution in [0.1, 0.15) is 36.5 Å². The second kappa shape index (κ2) is 7.75. The van der Waals surface area contributed by atoms with Gasteiger partial charge in [-0.1, -0.05) is 30.6 Å². The molecule has 2 rings (SSSR count). The number of benzene rings is 1. The second-order valence-electron chi connectivity index (χ2n) is 4.96. The van der Waals surface area contributed by atoms with Crippen molar-refractivity contribution in [1.29, 1.82) is 0 Å². The number of terminal acetylenes is 1. The molecule has 0 saturated heterocycles. The van der Waals surface area contributed by atoms with E-state index in [1.54, 1.807) is 18.2 Å². The molecule has 1 aromatic heterocycles. The van der Waals surface area contributed by atoms with Crippen molar-refractivity contribution < 1.29 is 14.3 Å². The van der Waals surface area contributed by atoms with Crippen molar-refractivity contribution in [1.82, 2.24) is 4.57 Å². The molecule has 23 heavy (non-hydrogen) atoms. The van der Waals surface area contributed by atoms with Crippen molar-refractivity contribution in [3.63, 3.8) is 0 Å². The van der Waals surface area contributed by atoms with Crippen molar-refractivity contribution in [2.75, 3.05) is 7.11 Å². The van der Waals surface area contributed by atoms with Crippen LogP contribution in [-0.2, 0) is 16.1 Å². The number of amides is 1. The summed E-state index contributed by atoms with van der Waals surface area (Å²) < 4.78 is 7.38. The van der Waals surface area contributed by atoms with E-state index in [1.165, 1.54) is 18.4 Å². The molecule has 0 bridgehead atoms. The van der Waals surface area contributed by atoms with E-state index in [-0.39, 0.29) is 5.91 Å². The monoisotopic (exact) mass is 330 g/mol. The molecule has 0 radical (unpaired) electrons. The predicted molar refractivity (Wildman–Crippen MR) is 90.1 cm³/mol. The molecule has 0 aliphatic carbocycles. The number of hydrogen-bond acceptors (Lipinski definition) is 4. The lowest BCUT2D eigenvalue weighted by Gasteiger charge is -2.01. The number of rotatable bonds is 5. The Morgan fingerprint density at radius 2 is 2.22 bits per heavy atom. The first kappa shape index (κ1) is 17.0. The van der Waals surface area contributed by atoms with Crippen molar-refractivity contribution in [2.45, 2.75) is 32.7 Å². The first-order valence-electron chi connectivity index (χ1n) is 7.33. The fourth-order valence-corrected chi connectivity index (χ4v) is 3.22. The summed E-state index contributed by atoms with van der Waals surface area (Å²) in [5.74, 6) is 2.02. The molecule has 0 N–H and O–H groups in total. The molecule has 0 atom stereocenters. The lowest BCUT2D eigenvalue weighted by molar-refractivity contribution is -0.118. The highest BCUT2D eigenvalue weighted by Crippen LogP contribution is 2.20. The molecule has 0 fully saturated rings. The molecule has 1 amide bonds. The summed E-state index contributed by atoms with van der Waals surface area (Å²) in [5, 5.41) is 0. The summed E-state index contributed by atoms with van der Waals surface area (Å²) in [5.41, 5.74) is 1.31. The number of unbranched alkanes of at least 4 members (excludes halogenated alkanes) is 1. The summed E-state index contributed by atoms with van der Waals surface area (Å²) in [6.07, 6.45) is 7.61. The summed E-state index contributed by atoms with van der Waals surface area (Å²) in [6, 6.07) is 5.20. The summed E-state index contributed by atoms with van der Waals surface area (Å²) in [7, 11) is 1.34. The van der Waals surface area contributed by atoms with E-state index in [9.17, 15) is 9.59 Å². The summed E-state index contributed by atoms with van der Waals surface area (Å²) in [6.45, 7) is 2.34. The van der Waals surface area contributed by atoms with E-state index in [0.717, 1.165) is 23.1 Å². The first-order valence-corrected chi connectivity index (χ1v) is 8.15. The van der Waals surface area contributed by atoms with Gasteiger partial charge in [0.05, 0.1) is 29.4 Å². The van der Waals surface area contributed by atoms with Crippen LogP contribution in [0.15, 0.2) is 23.2 Å². The van der Waals surface area contributed by atoms with E-state index < -0.39 is 5.97 Å². The van der Waals surface area contributed by atoms with Gasteiger partial charge in [-0.3, -0.25) is 4.79 Å². The van der Waals surface area contributed by atoms with Crippen LogP contribution < -0.4 is 4.80 Å². The van der Waals surface area contributed by atoms with Gasteiger partial charge >= 0.3 is 5.97 Å². The Labute approximate surface area is 138 Å². The van der Waals surface area contributed by atoms with E-state index in [1.807, 2.05) is 11.5 Å². The van der Waals surface area contributed by atoms with E-state index >= 15 is 0 Å². The molecule has 0 unspecified atom stereocenters. The number of carbonyl (C=O) groups excluding carboxylic acids is 2. The maximum Gasteiger partial charge on any atom is 0.337 e. The van der Waals surface area contributed by atoms with Crippen molar-refractivity contribution in [3.8, 4) is 12.3 Å². The SMILES string of the molecule is C#CCn1c(=NC(=O)CCCC)sc2cc(C(=O)OC)ccc21. The van der Waals surface area contributed by atoms with Crippen LogP contribution >= 0.6 is 11.3 Å². The first-order chi connectivity index (χ1) is 11.1.